The van der Waals surface area contributed by atoms with E-state index in [2.05, 4.69) is 4.98 Å². The fourth-order valence-corrected chi connectivity index (χ4v) is 3.90. The molecule has 0 unspecified atom stereocenters. The van der Waals surface area contributed by atoms with Gasteiger partial charge in [0.15, 0.2) is 18.1 Å². The normalized spacial score (nSPS) is 10.7. The molecule has 0 radical (unpaired) electrons. The van der Waals surface area contributed by atoms with E-state index in [4.69, 9.17) is 26.8 Å². The number of hydrogen-bond acceptors (Lipinski definition) is 6. The summed E-state index contributed by atoms with van der Waals surface area (Å²) < 4.78 is 11.6. The van der Waals surface area contributed by atoms with Crippen LogP contribution in [0.1, 0.15) is 15.4 Å². The van der Waals surface area contributed by atoms with Crippen LogP contribution in [0.3, 0.4) is 0 Å². The minimum atomic E-state index is -0.645. The predicted octanol–water partition coefficient (Wildman–Crippen LogP) is 3.09. The minimum absolute atomic E-state index is 0.150. The Hall–Kier alpha value is -2.84. The fourth-order valence-electron chi connectivity index (χ4n) is 2.61. The highest BCUT2D eigenvalue weighted by Crippen LogP contribution is 2.36. The summed E-state index contributed by atoms with van der Waals surface area (Å²) in [6.45, 7) is 0.0128. The van der Waals surface area contributed by atoms with Crippen LogP contribution < -0.4 is 15.2 Å². The first-order valence-corrected chi connectivity index (χ1v) is 9.47. The topological polar surface area (TPSA) is 94.8 Å². The number of hydrogen-bond donors (Lipinski definition) is 1. The summed E-state index contributed by atoms with van der Waals surface area (Å²) in [6, 6.07) is 10.8. The lowest BCUT2D eigenvalue weighted by Gasteiger charge is -2.18. The van der Waals surface area contributed by atoms with Crippen molar-refractivity contribution in [3.63, 3.8) is 0 Å². The molecule has 3 rings (SSSR count). The lowest BCUT2D eigenvalue weighted by molar-refractivity contribution is -0.119. The molecule has 3 aromatic rings. The molecule has 2 N–H and O–H groups in total. The number of primary amides is 1. The lowest BCUT2D eigenvalue weighted by atomic mass is 10.1. The van der Waals surface area contributed by atoms with Gasteiger partial charge in [-0.3, -0.25) is 9.59 Å². The molecular formula is C19H18ClN3O4S. The molecule has 0 atom stereocenters. The summed E-state index contributed by atoms with van der Waals surface area (Å²) in [4.78, 5) is 29.9. The highest BCUT2D eigenvalue weighted by Gasteiger charge is 2.20. The third-order valence-electron chi connectivity index (χ3n) is 3.89. The molecule has 0 spiro atoms. The maximum atomic E-state index is 12.8. The van der Waals surface area contributed by atoms with Crippen molar-refractivity contribution in [1.29, 1.82) is 0 Å². The molecule has 1 aromatic heterocycles. The van der Waals surface area contributed by atoms with Crippen molar-refractivity contribution in [2.45, 2.75) is 6.54 Å². The number of para-hydroxylation sites is 1. The van der Waals surface area contributed by atoms with Crippen molar-refractivity contribution in [3.8, 4) is 11.5 Å². The van der Waals surface area contributed by atoms with E-state index in [9.17, 15) is 9.59 Å². The Labute approximate surface area is 170 Å². The molecule has 146 valence electrons. The fraction of sp³-hybridized carbons (Fsp3) is 0.211. The summed E-state index contributed by atoms with van der Waals surface area (Å²) in [5.41, 5.74) is 6.32. The summed E-state index contributed by atoms with van der Waals surface area (Å²) >= 11 is 7.76. The second-order valence-corrected chi connectivity index (χ2v) is 7.50. The van der Waals surface area contributed by atoms with Gasteiger partial charge in [-0.1, -0.05) is 23.7 Å². The third kappa shape index (κ3) is 4.35. The van der Waals surface area contributed by atoms with E-state index >= 15 is 0 Å². The highest BCUT2D eigenvalue weighted by molar-refractivity contribution is 7.18. The molecule has 2 amide bonds. The van der Waals surface area contributed by atoms with E-state index in [0.29, 0.717) is 12.1 Å². The molecule has 0 aliphatic carbocycles. The van der Waals surface area contributed by atoms with Gasteiger partial charge in [-0.15, -0.1) is 11.3 Å². The highest BCUT2D eigenvalue weighted by atomic mass is 35.5. The predicted molar refractivity (Wildman–Crippen MR) is 108 cm³/mol. The van der Waals surface area contributed by atoms with Gasteiger partial charge >= 0.3 is 0 Å². The van der Waals surface area contributed by atoms with Crippen molar-refractivity contribution in [2.24, 2.45) is 5.73 Å². The number of thiazole rings is 1. The summed E-state index contributed by atoms with van der Waals surface area (Å²) in [6.07, 6.45) is 0. The van der Waals surface area contributed by atoms with E-state index in [1.54, 1.807) is 23.3 Å². The minimum Gasteiger partial charge on any atom is -0.493 e. The van der Waals surface area contributed by atoms with Crippen LogP contribution >= 0.6 is 22.9 Å². The molecule has 0 bridgehead atoms. The molecule has 9 heteroatoms. The first-order chi connectivity index (χ1) is 13.4. The van der Waals surface area contributed by atoms with Crippen LogP contribution in [-0.4, -0.2) is 42.5 Å². The Morgan fingerprint density at radius 1 is 1.29 bits per heavy atom. The van der Waals surface area contributed by atoms with Gasteiger partial charge in [0.2, 0.25) is 0 Å². The van der Waals surface area contributed by atoms with Crippen LogP contribution in [0.4, 0.5) is 0 Å². The van der Waals surface area contributed by atoms with Gasteiger partial charge in [-0.05, 0) is 24.3 Å². The Kier molecular flexibility index (Phi) is 6.01. The molecule has 2 aromatic carbocycles. The number of halogens is 1. The second-order valence-electron chi connectivity index (χ2n) is 5.98. The largest absolute Gasteiger partial charge is 0.493 e. The number of carbonyl (C=O) groups excluding carboxylic acids is 2. The number of aromatic nitrogens is 1. The summed E-state index contributed by atoms with van der Waals surface area (Å²) in [5, 5.41) is 0.980. The van der Waals surface area contributed by atoms with Crippen LogP contribution in [0.2, 0.25) is 5.02 Å². The molecule has 7 nitrogen and oxygen atoms in total. The zero-order valence-corrected chi connectivity index (χ0v) is 16.8. The number of fused-ring (bicyclic) bond motifs is 1. The quantitative estimate of drug-likeness (QED) is 0.635. The lowest BCUT2D eigenvalue weighted by Crippen LogP contribution is -2.26. The van der Waals surface area contributed by atoms with Crippen molar-refractivity contribution >= 4 is 45.0 Å². The van der Waals surface area contributed by atoms with Crippen LogP contribution in [0, 0.1) is 0 Å². The smallest absolute Gasteiger partial charge is 0.255 e. The number of nitrogens with zero attached hydrogens (tertiary/aromatic N) is 2. The van der Waals surface area contributed by atoms with Gasteiger partial charge in [0, 0.05) is 12.6 Å². The van der Waals surface area contributed by atoms with Gasteiger partial charge in [0.1, 0.15) is 5.01 Å². The molecule has 0 aliphatic heterocycles. The van der Waals surface area contributed by atoms with Crippen molar-refractivity contribution < 1.29 is 19.1 Å². The monoisotopic (exact) mass is 419 g/mol. The SMILES string of the molecule is COc1cc(C(=O)N(C)Cc2nc3ccccc3s2)cc(Cl)c1OCC(N)=O. The summed E-state index contributed by atoms with van der Waals surface area (Å²) in [7, 11) is 3.11. The number of methoxy groups -OCH3 is 1. The van der Waals surface area contributed by atoms with E-state index < -0.39 is 5.91 Å². The number of nitrogens with two attached hydrogens (primary N) is 1. The molecule has 0 saturated heterocycles. The van der Waals surface area contributed by atoms with Crippen LogP contribution in [-0.2, 0) is 11.3 Å². The average molecular weight is 420 g/mol. The Morgan fingerprint density at radius 3 is 2.71 bits per heavy atom. The van der Waals surface area contributed by atoms with Gasteiger partial charge in [0.25, 0.3) is 11.8 Å². The van der Waals surface area contributed by atoms with Gasteiger partial charge in [0.05, 0.1) is 28.9 Å². The van der Waals surface area contributed by atoms with Gasteiger partial charge in [-0.25, -0.2) is 4.98 Å². The van der Waals surface area contributed by atoms with E-state index in [0.717, 1.165) is 15.2 Å². The van der Waals surface area contributed by atoms with Crippen LogP contribution in [0.15, 0.2) is 36.4 Å². The van der Waals surface area contributed by atoms with Crippen LogP contribution in [0.5, 0.6) is 11.5 Å². The third-order valence-corrected chi connectivity index (χ3v) is 5.19. The molecule has 1 heterocycles. The molecular weight excluding hydrogens is 402 g/mol. The molecule has 28 heavy (non-hydrogen) atoms. The number of rotatable bonds is 7. The van der Waals surface area contributed by atoms with Crippen LogP contribution in [0.25, 0.3) is 10.2 Å². The van der Waals surface area contributed by atoms with Crippen molar-refractivity contribution in [2.75, 3.05) is 20.8 Å². The van der Waals surface area contributed by atoms with E-state index in [1.165, 1.54) is 19.2 Å². The first-order valence-electron chi connectivity index (χ1n) is 8.27. The number of benzene rings is 2. The van der Waals surface area contributed by atoms with E-state index in [1.807, 2.05) is 24.3 Å². The van der Waals surface area contributed by atoms with E-state index in [-0.39, 0.29) is 29.0 Å². The number of amides is 2. The van der Waals surface area contributed by atoms with Crippen molar-refractivity contribution in [1.82, 2.24) is 9.88 Å². The standard InChI is InChI=1S/C19H18ClN3O4S/c1-23(9-17-22-13-5-3-4-6-15(13)28-17)19(25)11-7-12(20)18(14(8-11)26-2)27-10-16(21)24/h3-8H,9-10H2,1-2H3,(H2,21,24). The Bertz CT molecular complexity index is 1000. The Balaban J connectivity index is 1.80. The van der Waals surface area contributed by atoms with Gasteiger partial charge < -0.3 is 20.1 Å². The zero-order valence-electron chi connectivity index (χ0n) is 15.3. The second kappa shape index (κ2) is 8.45. The molecule has 0 fully saturated rings. The summed E-state index contributed by atoms with van der Waals surface area (Å²) in [5.74, 6) is -0.492. The van der Waals surface area contributed by atoms with Crippen molar-refractivity contribution in [3.05, 3.63) is 52.0 Å². The zero-order chi connectivity index (χ0) is 20.3. The number of carbonyl (C=O) groups is 2. The van der Waals surface area contributed by atoms with Gasteiger partial charge in [-0.2, -0.15) is 0 Å². The number of ether oxygens (including phenoxy) is 2. The Morgan fingerprint density at radius 2 is 2.04 bits per heavy atom. The molecule has 0 saturated carbocycles. The maximum absolute atomic E-state index is 12.8. The maximum Gasteiger partial charge on any atom is 0.255 e. The molecule has 0 aliphatic rings. The average Bonchev–Trinajstić information content (AvgIpc) is 3.07. The first kappa shape index (κ1) is 19.9.